The summed E-state index contributed by atoms with van der Waals surface area (Å²) >= 11 is 11.7. The zero-order valence-corrected chi connectivity index (χ0v) is 12.7. The average Bonchev–Trinajstić information content (AvgIpc) is 2.42. The van der Waals surface area contributed by atoms with Gasteiger partial charge in [0.2, 0.25) is 11.8 Å². The number of halogens is 2. The summed E-state index contributed by atoms with van der Waals surface area (Å²) in [6.07, 6.45) is 0.391. The van der Waals surface area contributed by atoms with Crippen LogP contribution >= 0.6 is 23.2 Å². The van der Waals surface area contributed by atoms with Crippen LogP contribution in [0.1, 0.15) is 23.7 Å². The first-order valence-electron chi connectivity index (χ1n) is 6.24. The molecule has 1 aromatic rings. The highest BCUT2D eigenvalue weighted by atomic mass is 35.5. The summed E-state index contributed by atoms with van der Waals surface area (Å²) in [5.74, 6) is -1.50. The number of rotatable bonds is 2. The van der Waals surface area contributed by atoms with Gasteiger partial charge in [-0.05, 0) is 18.6 Å². The summed E-state index contributed by atoms with van der Waals surface area (Å²) in [5, 5.41) is 2.50. The number of imide groups is 1. The zero-order chi connectivity index (χ0) is 15.7. The number of nitrogen functional groups attached to an aromatic ring is 1. The summed E-state index contributed by atoms with van der Waals surface area (Å²) in [6.45, 7) is 1.56. The van der Waals surface area contributed by atoms with Crippen LogP contribution in [0.4, 0.5) is 5.69 Å². The predicted molar refractivity (Wildman–Crippen MR) is 79.1 cm³/mol. The molecule has 0 saturated carbocycles. The molecule has 0 aromatic heterocycles. The van der Waals surface area contributed by atoms with Gasteiger partial charge in [-0.3, -0.25) is 19.7 Å². The van der Waals surface area contributed by atoms with Crippen molar-refractivity contribution in [2.24, 2.45) is 0 Å². The number of hydrogen-bond donors (Lipinski definition) is 2. The molecule has 3 amide bonds. The van der Waals surface area contributed by atoms with Gasteiger partial charge in [-0.2, -0.15) is 0 Å². The highest BCUT2D eigenvalue weighted by Crippen LogP contribution is 2.30. The van der Waals surface area contributed by atoms with Gasteiger partial charge in [0.1, 0.15) is 12.6 Å². The van der Waals surface area contributed by atoms with Gasteiger partial charge < -0.3 is 10.6 Å². The second kappa shape index (κ2) is 5.91. The van der Waals surface area contributed by atoms with E-state index in [-0.39, 0.29) is 27.8 Å². The maximum atomic E-state index is 12.5. The van der Waals surface area contributed by atoms with Crippen molar-refractivity contribution < 1.29 is 14.4 Å². The number of anilines is 1. The maximum absolute atomic E-state index is 12.5. The molecule has 1 unspecified atom stereocenters. The summed E-state index contributed by atoms with van der Waals surface area (Å²) in [7, 11) is 0. The Morgan fingerprint density at radius 2 is 2.10 bits per heavy atom. The van der Waals surface area contributed by atoms with Gasteiger partial charge >= 0.3 is 0 Å². The molecule has 0 radical (unpaired) electrons. The average molecular weight is 330 g/mol. The molecule has 1 fully saturated rings. The molecule has 1 aromatic carbocycles. The lowest BCUT2D eigenvalue weighted by Gasteiger charge is -2.33. The first kappa shape index (κ1) is 15.6. The van der Waals surface area contributed by atoms with Crippen LogP contribution in [0.2, 0.25) is 10.0 Å². The van der Waals surface area contributed by atoms with Gasteiger partial charge in [0, 0.05) is 5.56 Å². The van der Waals surface area contributed by atoms with Crippen molar-refractivity contribution >= 4 is 46.6 Å². The van der Waals surface area contributed by atoms with Crippen LogP contribution in [-0.4, -0.2) is 35.2 Å². The SMILES string of the molecule is CCC1C(=O)NC(=O)CN1C(=O)c1cc(N)c(Cl)c(Cl)c1. The van der Waals surface area contributed by atoms with Gasteiger partial charge in [-0.1, -0.05) is 30.1 Å². The summed E-state index contributed by atoms with van der Waals surface area (Å²) < 4.78 is 0. The van der Waals surface area contributed by atoms with E-state index < -0.39 is 23.8 Å². The Balaban J connectivity index is 2.38. The number of amides is 3. The molecule has 1 heterocycles. The number of benzene rings is 1. The van der Waals surface area contributed by atoms with Crippen LogP contribution in [0.15, 0.2) is 12.1 Å². The molecule has 112 valence electrons. The fraction of sp³-hybridized carbons (Fsp3) is 0.308. The Bertz CT molecular complexity index is 610. The molecule has 1 atom stereocenters. The number of nitrogens with two attached hydrogens (primary N) is 1. The molecule has 1 aliphatic heterocycles. The van der Waals surface area contributed by atoms with E-state index in [2.05, 4.69) is 5.32 Å². The highest BCUT2D eigenvalue weighted by Gasteiger charge is 2.36. The van der Waals surface area contributed by atoms with E-state index in [0.717, 1.165) is 0 Å². The molecule has 6 nitrogen and oxygen atoms in total. The predicted octanol–water partition coefficient (Wildman–Crippen LogP) is 1.45. The van der Waals surface area contributed by atoms with Crippen molar-refractivity contribution in [1.82, 2.24) is 10.2 Å². The summed E-state index contributed by atoms with van der Waals surface area (Å²) in [6, 6.07) is 2.04. The van der Waals surface area contributed by atoms with E-state index in [1.165, 1.54) is 17.0 Å². The third-order valence-electron chi connectivity index (χ3n) is 3.21. The number of nitrogens with one attached hydrogen (secondary N) is 1. The smallest absolute Gasteiger partial charge is 0.255 e. The summed E-state index contributed by atoms with van der Waals surface area (Å²) in [5.41, 5.74) is 6.02. The van der Waals surface area contributed by atoms with Crippen LogP contribution in [0.25, 0.3) is 0 Å². The van der Waals surface area contributed by atoms with Crippen LogP contribution in [0, 0.1) is 0 Å². The lowest BCUT2D eigenvalue weighted by Crippen LogP contribution is -2.59. The van der Waals surface area contributed by atoms with Gasteiger partial charge in [0.25, 0.3) is 5.91 Å². The lowest BCUT2D eigenvalue weighted by atomic mass is 10.1. The van der Waals surface area contributed by atoms with E-state index in [9.17, 15) is 14.4 Å². The summed E-state index contributed by atoms with van der Waals surface area (Å²) in [4.78, 5) is 37.0. The molecule has 1 aliphatic rings. The zero-order valence-electron chi connectivity index (χ0n) is 11.2. The van der Waals surface area contributed by atoms with Gasteiger partial charge in [-0.25, -0.2) is 0 Å². The second-order valence-electron chi connectivity index (χ2n) is 4.63. The van der Waals surface area contributed by atoms with E-state index in [1.54, 1.807) is 6.92 Å². The molecule has 3 N–H and O–H groups in total. The minimum absolute atomic E-state index is 0.140. The molecular weight excluding hydrogens is 317 g/mol. The van der Waals surface area contributed by atoms with Crippen molar-refractivity contribution in [3.05, 3.63) is 27.7 Å². The van der Waals surface area contributed by atoms with Crippen molar-refractivity contribution in [3.63, 3.8) is 0 Å². The van der Waals surface area contributed by atoms with E-state index in [0.29, 0.717) is 6.42 Å². The Kier molecular flexibility index (Phi) is 4.39. The Morgan fingerprint density at radius 3 is 2.67 bits per heavy atom. The van der Waals surface area contributed by atoms with Gasteiger partial charge in [-0.15, -0.1) is 0 Å². The van der Waals surface area contributed by atoms with E-state index in [1.807, 2.05) is 0 Å². The standard InChI is InChI=1S/C13H13Cl2N3O3/c1-2-9-12(20)17-10(19)5-18(9)13(21)6-3-7(14)11(15)8(16)4-6/h3-4,9H,2,5,16H2,1H3,(H,17,19,20). The fourth-order valence-corrected chi connectivity index (χ4v) is 2.52. The third-order valence-corrected chi connectivity index (χ3v) is 4.02. The number of carbonyl (C=O) groups is 3. The number of nitrogens with zero attached hydrogens (tertiary/aromatic N) is 1. The molecule has 0 bridgehead atoms. The number of hydrogen-bond acceptors (Lipinski definition) is 4. The molecule has 8 heteroatoms. The molecule has 1 saturated heterocycles. The first-order chi connectivity index (χ1) is 9.85. The number of carbonyl (C=O) groups excluding carboxylic acids is 3. The molecule has 0 aliphatic carbocycles. The molecular formula is C13H13Cl2N3O3. The second-order valence-corrected chi connectivity index (χ2v) is 5.42. The normalized spacial score (nSPS) is 18.6. The minimum atomic E-state index is -0.703. The van der Waals surface area contributed by atoms with E-state index >= 15 is 0 Å². The monoisotopic (exact) mass is 329 g/mol. The highest BCUT2D eigenvalue weighted by molar-refractivity contribution is 6.43. The largest absolute Gasteiger partial charge is 0.397 e. The van der Waals surface area contributed by atoms with Gasteiger partial charge in [0.05, 0.1) is 15.7 Å². The number of piperazine rings is 1. The fourth-order valence-electron chi connectivity index (χ4n) is 2.19. The van der Waals surface area contributed by atoms with Crippen LogP contribution < -0.4 is 11.1 Å². The molecule has 21 heavy (non-hydrogen) atoms. The van der Waals surface area contributed by atoms with Crippen molar-refractivity contribution in [1.29, 1.82) is 0 Å². The van der Waals surface area contributed by atoms with Crippen molar-refractivity contribution in [3.8, 4) is 0 Å². The Morgan fingerprint density at radius 1 is 1.43 bits per heavy atom. The Hall–Kier alpha value is -1.79. The quantitative estimate of drug-likeness (QED) is 0.634. The van der Waals surface area contributed by atoms with Crippen LogP contribution in [0.3, 0.4) is 0 Å². The third kappa shape index (κ3) is 2.96. The van der Waals surface area contributed by atoms with Crippen LogP contribution in [-0.2, 0) is 9.59 Å². The maximum Gasteiger partial charge on any atom is 0.255 e. The molecule has 2 rings (SSSR count). The van der Waals surface area contributed by atoms with Crippen molar-refractivity contribution in [2.45, 2.75) is 19.4 Å². The minimum Gasteiger partial charge on any atom is -0.397 e. The Labute approximate surface area is 131 Å². The van der Waals surface area contributed by atoms with Crippen LogP contribution in [0.5, 0.6) is 0 Å². The van der Waals surface area contributed by atoms with Crippen molar-refractivity contribution in [2.75, 3.05) is 12.3 Å². The van der Waals surface area contributed by atoms with Gasteiger partial charge in [0.15, 0.2) is 0 Å². The molecule has 0 spiro atoms. The lowest BCUT2D eigenvalue weighted by molar-refractivity contribution is -0.138. The topological polar surface area (TPSA) is 92.5 Å². The van der Waals surface area contributed by atoms with E-state index in [4.69, 9.17) is 28.9 Å². The first-order valence-corrected chi connectivity index (χ1v) is 7.00.